The number of hydrogen-bond donors (Lipinski definition) is 0. The molecule has 1 aliphatic heterocycles. The number of anilines is 2. The minimum Gasteiger partial charge on any atom is -0.497 e. The maximum absolute atomic E-state index is 5.30. The minimum absolute atomic E-state index is 0.866. The molecule has 26 heavy (non-hydrogen) atoms. The molecule has 0 atom stereocenters. The van der Waals surface area contributed by atoms with Gasteiger partial charge in [-0.1, -0.05) is 36.4 Å². The molecule has 0 fully saturated rings. The summed E-state index contributed by atoms with van der Waals surface area (Å²) in [4.78, 5) is 0. The van der Waals surface area contributed by atoms with Crippen LogP contribution in [-0.4, -0.2) is 18.0 Å². The number of ether oxygens (including phenoxy) is 1. The molecule has 3 aromatic carbocycles. The lowest BCUT2D eigenvalue weighted by Crippen LogP contribution is -2.36. The van der Waals surface area contributed by atoms with Crippen LogP contribution in [0.2, 0.25) is 0 Å². The Kier molecular flexibility index (Phi) is 4.84. The van der Waals surface area contributed by atoms with Gasteiger partial charge in [-0.25, -0.2) is 0 Å². The normalized spacial score (nSPS) is 13.4. The van der Waals surface area contributed by atoms with E-state index < -0.39 is 0 Å². The Morgan fingerprint density at radius 1 is 0.808 bits per heavy atom. The van der Waals surface area contributed by atoms with Gasteiger partial charge in [-0.2, -0.15) is 0 Å². The summed E-state index contributed by atoms with van der Waals surface area (Å²) in [5.74, 6) is 1.74. The Morgan fingerprint density at radius 3 is 1.92 bits per heavy atom. The van der Waals surface area contributed by atoms with E-state index in [1.807, 2.05) is 24.3 Å². The zero-order valence-electron chi connectivity index (χ0n) is 14.6. The molecule has 3 nitrogen and oxygen atoms in total. The Labute approximate surface area is 158 Å². The van der Waals surface area contributed by atoms with Crippen molar-refractivity contribution in [3.05, 3.63) is 95.9 Å². The molecular weight excluding hydrogens is 340 g/mol. The average molecular weight is 360 g/mol. The number of methoxy groups -OCH3 is 1. The molecule has 0 amide bonds. The van der Waals surface area contributed by atoms with Crippen molar-refractivity contribution in [1.82, 2.24) is 5.01 Å². The highest BCUT2D eigenvalue weighted by Gasteiger charge is 2.25. The lowest BCUT2D eigenvalue weighted by molar-refractivity contribution is 0.414. The van der Waals surface area contributed by atoms with Crippen molar-refractivity contribution in [2.24, 2.45) is 0 Å². The summed E-state index contributed by atoms with van der Waals surface area (Å²) in [6.45, 7) is 0. The van der Waals surface area contributed by atoms with Crippen LogP contribution in [0.5, 0.6) is 5.75 Å². The second-order valence-electron chi connectivity index (χ2n) is 5.91. The maximum Gasteiger partial charge on any atom is 0.118 e. The number of benzene rings is 3. The Hall–Kier alpha value is -2.85. The van der Waals surface area contributed by atoms with Crippen molar-refractivity contribution in [3.8, 4) is 5.75 Å². The molecule has 0 aromatic heterocycles. The molecule has 0 saturated carbocycles. The Balaban J connectivity index is 1.74. The van der Waals surface area contributed by atoms with E-state index in [0.717, 1.165) is 23.0 Å². The van der Waals surface area contributed by atoms with Gasteiger partial charge in [-0.05, 0) is 53.9 Å². The highest BCUT2D eigenvalue weighted by Crippen LogP contribution is 2.38. The fourth-order valence-electron chi connectivity index (χ4n) is 3.03. The summed E-state index contributed by atoms with van der Waals surface area (Å²) in [5, 5.41) is 6.81. The third-order valence-electron chi connectivity index (χ3n) is 4.30. The van der Waals surface area contributed by atoms with E-state index in [4.69, 9.17) is 4.74 Å². The van der Waals surface area contributed by atoms with E-state index in [0.29, 0.717) is 0 Å². The van der Waals surface area contributed by atoms with Crippen molar-refractivity contribution in [3.63, 3.8) is 0 Å². The van der Waals surface area contributed by atoms with Crippen LogP contribution in [0.1, 0.15) is 5.56 Å². The molecule has 4 heteroatoms. The first-order chi connectivity index (χ1) is 12.9. The summed E-state index contributed by atoms with van der Waals surface area (Å²) >= 11 is 1.80. The summed E-state index contributed by atoms with van der Waals surface area (Å²) in [7, 11) is 1.69. The molecule has 0 spiro atoms. The topological polar surface area (TPSA) is 15.7 Å². The standard InChI is InChI=1S/C22H20N2OS/c1-25-21-14-12-18(13-15-21)22-16-26-17-23(22)24(19-8-4-2-5-9-19)20-10-6-3-7-11-20/h2-16H,17H2,1H3. The number of nitrogens with zero attached hydrogens (tertiary/aromatic N) is 2. The molecule has 0 radical (unpaired) electrons. The molecule has 1 heterocycles. The third kappa shape index (κ3) is 3.28. The quantitative estimate of drug-likeness (QED) is 0.575. The molecule has 1 aliphatic rings. The van der Waals surface area contributed by atoms with Crippen LogP contribution in [0.15, 0.2) is 90.3 Å². The fourth-order valence-corrected chi connectivity index (χ4v) is 3.91. The van der Waals surface area contributed by atoms with E-state index in [2.05, 4.69) is 76.1 Å². The van der Waals surface area contributed by atoms with Gasteiger partial charge >= 0.3 is 0 Å². The monoisotopic (exact) mass is 360 g/mol. The highest BCUT2D eigenvalue weighted by atomic mass is 32.2. The van der Waals surface area contributed by atoms with Gasteiger partial charge in [-0.15, -0.1) is 11.8 Å². The molecule has 0 bridgehead atoms. The van der Waals surface area contributed by atoms with Gasteiger partial charge < -0.3 is 4.74 Å². The van der Waals surface area contributed by atoms with Gasteiger partial charge in [0, 0.05) is 5.56 Å². The van der Waals surface area contributed by atoms with Gasteiger partial charge in [0.1, 0.15) is 5.75 Å². The lowest BCUT2D eigenvalue weighted by atomic mass is 10.1. The molecule has 0 saturated heterocycles. The van der Waals surface area contributed by atoms with E-state index >= 15 is 0 Å². The number of thioether (sulfide) groups is 1. The number of hydrogen-bond acceptors (Lipinski definition) is 4. The van der Waals surface area contributed by atoms with Crippen LogP contribution >= 0.6 is 11.8 Å². The molecule has 3 aromatic rings. The molecule has 0 aliphatic carbocycles. The summed E-state index contributed by atoms with van der Waals surface area (Å²) in [6, 6.07) is 29.2. The van der Waals surface area contributed by atoms with Gasteiger partial charge in [0.05, 0.1) is 30.1 Å². The van der Waals surface area contributed by atoms with E-state index in [1.54, 1.807) is 18.9 Å². The fraction of sp³-hybridized carbons (Fsp3) is 0.0909. The van der Waals surface area contributed by atoms with Crippen LogP contribution in [0.4, 0.5) is 11.4 Å². The molecular formula is C22H20N2OS. The van der Waals surface area contributed by atoms with Crippen LogP contribution < -0.4 is 9.75 Å². The van der Waals surface area contributed by atoms with Crippen molar-refractivity contribution < 1.29 is 4.74 Å². The first-order valence-corrected chi connectivity index (χ1v) is 9.55. The van der Waals surface area contributed by atoms with Gasteiger partial charge in [0.25, 0.3) is 0 Å². The van der Waals surface area contributed by atoms with E-state index in [9.17, 15) is 0 Å². The van der Waals surface area contributed by atoms with Gasteiger partial charge in [0.2, 0.25) is 0 Å². The van der Waals surface area contributed by atoms with E-state index in [1.165, 1.54) is 11.3 Å². The smallest absolute Gasteiger partial charge is 0.118 e. The van der Waals surface area contributed by atoms with Crippen LogP contribution in [-0.2, 0) is 0 Å². The van der Waals surface area contributed by atoms with Crippen LogP contribution in [0, 0.1) is 0 Å². The minimum atomic E-state index is 0.866. The van der Waals surface area contributed by atoms with Gasteiger partial charge in [0.15, 0.2) is 0 Å². The predicted octanol–water partition coefficient (Wildman–Crippen LogP) is 5.75. The zero-order valence-corrected chi connectivity index (χ0v) is 15.4. The number of hydrazine groups is 1. The average Bonchev–Trinajstić information content (AvgIpc) is 3.19. The van der Waals surface area contributed by atoms with Crippen molar-refractivity contribution >= 4 is 28.8 Å². The van der Waals surface area contributed by atoms with E-state index in [-0.39, 0.29) is 0 Å². The highest BCUT2D eigenvalue weighted by molar-refractivity contribution is 8.02. The largest absolute Gasteiger partial charge is 0.497 e. The lowest BCUT2D eigenvalue weighted by Gasteiger charge is -2.36. The molecule has 0 unspecified atom stereocenters. The second-order valence-corrected chi connectivity index (χ2v) is 6.74. The Bertz CT molecular complexity index is 840. The summed E-state index contributed by atoms with van der Waals surface area (Å²) in [6.07, 6.45) is 0. The second kappa shape index (κ2) is 7.58. The van der Waals surface area contributed by atoms with Gasteiger partial charge in [-0.3, -0.25) is 10.0 Å². The Morgan fingerprint density at radius 2 is 1.38 bits per heavy atom. The molecule has 130 valence electrons. The van der Waals surface area contributed by atoms with Crippen molar-refractivity contribution in [2.45, 2.75) is 0 Å². The first-order valence-electron chi connectivity index (χ1n) is 8.51. The molecule has 4 rings (SSSR count). The van der Waals surface area contributed by atoms with Crippen molar-refractivity contribution in [2.75, 3.05) is 18.0 Å². The van der Waals surface area contributed by atoms with Crippen molar-refractivity contribution in [1.29, 1.82) is 0 Å². The first kappa shape index (κ1) is 16.6. The SMILES string of the molecule is COc1ccc(C2=CSCN2N(c2ccccc2)c2ccccc2)cc1. The van der Waals surface area contributed by atoms with Crippen LogP contribution in [0.3, 0.4) is 0 Å². The summed E-state index contributed by atoms with van der Waals surface area (Å²) in [5.41, 5.74) is 4.64. The molecule has 0 N–H and O–H groups in total. The number of para-hydroxylation sites is 2. The maximum atomic E-state index is 5.30. The van der Waals surface area contributed by atoms with Crippen LogP contribution in [0.25, 0.3) is 5.70 Å². The summed E-state index contributed by atoms with van der Waals surface area (Å²) < 4.78 is 5.30. The predicted molar refractivity (Wildman–Crippen MR) is 110 cm³/mol. The third-order valence-corrected chi connectivity index (χ3v) is 5.08. The zero-order chi connectivity index (χ0) is 17.8. The number of rotatable bonds is 5.